The summed E-state index contributed by atoms with van der Waals surface area (Å²) in [6.07, 6.45) is 5.29. The molecule has 0 radical (unpaired) electrons. The van der Waals surface area contributed by atoms with Crippen LogP contribution in [0.15, 0.2) is 24.3 Å². The van der Waals surface area contributed by atoms with Gasteiger partial charge in [0.05, 0.1) is 26.7 Å². The van der Waals surface area contributed by atoms with Crippen molar-refractivity contribution < 1.29 is 14.3 Å². The van der Waals surface area contributed by atoms with Gasteiger partial charge in [-0.2, -0.15) is 0 Å². The average Bonchev–Trinajstić information content (AvgIpc) is 2.37. The number of rotatable bonds is 6. The van der Waals surface area contributed by atoms with Crippen LogP contribution in [0.25, 0.3) is 0 Å². The fraction of sp³-hybridized carbons (Fsp3) is 0.308. The minimum Gasteiger partial charge on any atom is -0.493 e. The van der Waals surface area contributed by atoms with E-state index in [1.54, 1.807) is 19.2 Å². The first-order valence-electron chi connectivity index (χ1n) is 5.24. The van der Waals surface area contributed by atoms with Crippen LogP contribution in [0.5, 0.6) is 11.5 Å². The van der Waals surface area contributed by atoms with E-state index in [1.807, 2.05) is 12.1 Å². The number of carbonyl (C=O) groups is 1. The Morgan fingerprint density at radius 1 is 1.41 bits per heavy atom. The van der Waals surface area contributed by atoms with Crippen LogP contribution in [0, 0.1) is 12.3 Å². The van der Waals surface area contributed by atoms with Crippen LogP contribution in [-0.2, 0) is 4.79 Å². The summed E-state index contributed by atoms with van der Waals surface area (Å²) in [5.74, 6) is 3.48. The molecular weight excluding hydrogens is 218 g/mol. The summed E-state index contributed by atoms with van der Waals surface area (Å²) in [6, 6.07) is 7.29. The Kier molecular flexibility index (Phi) is 5.45. The number of hydrogen-bond acceptors (Lipinski definition) is 3. The van der Waals surface area contributed by atoms with Gasteiger partial charge in [-0.25, -0.2) is 0 Å². The average molecular weight is 233 g/mol. The molecule has 17 heavy (non-hydrogen) atoms. The molecule has 4 nitrogen and oxygen atoms in total. The molecule has 0 spiro atoms. The third-order valence-corrected chi connectivity index (χ3v) is 2.04. The molecule has 1 rings (SSSR count). The van der Waals surface area contributed by atoms with Gasteiger partial charge in [0.1, 0.15) is 0 Å². The topological polar surface area (TPSA) is 47.6 Å². The lowest BCUT2D eigenvalue weighted by molar-refractivity contribution is -0.121. The van der Waals surface area contributed by atoms with Gasteiger partial charge < -0.3 is 14.8 Å². The lowest BCUT2D eigenvalue weighted by Crippen LogP contribution is -2.25. The Bertz CT molecular complexity index is 409. The monoisotopic (exact) mass is 233 g/mol. The molecule has 0 aliphatic heterocycles. The molecule has 0 heterocycles. The Morgan fingerprint density at radius 2 is 2.12 bits per heavy atom. The van der Waals surface area contributed by atoms with E-state index in [2.05, 4.69) is 11.2 Å². The van der Waals surface area contributed by atoms with Crippen LogP contribution < -0.4 is 14.8 Å². The first-order chi connectivity index (χ1) is 8.27. The molecule has 0 atom stereocenters. The van der Waals surface area contributed by atoms with Crippen LogP contribution in [0.2, 0.25) is 0 Å². The quantitative estimate of drug-likeness (QED) is 0.751. The molecule has 4 heteroatoms. The summed E-state index contributed by atoms with van der Waals surface area (Å²) in [5.41, 5.74) is 0. The molecule has 1 aromatic carbocycles. The van der Waals surface area contributed by atoms with Crippen molar-refractivity contribution in [3.8, 4) is 23.8 Å². The van der Waals surface area contributed by atoms with E-state index in [0.717, 1.165) is 0 Å². The van der Waals surface area contributed by atoms with Crippen LogP contribution in [0.3, 0.4) is 0 Å². The van der Waals surface area contributed by atoms with Crippen molar-refractivity contribution >= 4 is 5.91 Å². The molecule has 0 aromatic heterocycles. The Hall–Kier alpha value is -2.15. The number of carbonyl (C=O) groups excluding carboxylic acids is 1. The molecule has 1 aromatic rings. The number of terminal acetylenes is 1. The number of methoxy groups -OCH3 is 1. The van der Waals surface area contributed by atoms with Gasteiger partial charge in [0.25, 0.3) is 0 Å². The van der Waals surface area contributed by atoms with E-state index < -0.39 is 0 Å². The number of nitrogens with one attached hydrogen (secondary N) is 1. The van der Waals surface area contributed by atoms with Gasteiger partial charge in [-0.15, -0.1) is 6.42 Å². The summed E-state index contributed by atoms with van der Waals surface area (Å²) in [5, 5.41) is 2.56. The van der Waals surface area contributed by atoms with Crippen molar-refractivity contribution in [3.63, 3.8) is 0 Å². The highest BCUT2D eigenvalue weighted by Crippen LogP contribution is 2.25. The van der Waals surface area contributed by atoms with E-state index in [9.17, 15) is 4.79 Å². The van der Waals surface area contributed by atoms with Gasteiger partial charge >= 0.3 is 0 Å². The third-order valence-electron chi connectivity index (χ3n) is 2.04. The van der Waals surface area contributed by atoms with Crippen LogP contribution in [0.4, 0.5) is 0 Å². The van der Waals surface area contributed by atoms with E-state index in [0.29, 0.717) is 11.5 Å². The van der Waals surface area contributed by atoms with Crippen LogP contribution in [-0.4, -0.2) is 26.2 Å². The zero-order valence-corrected chi connectivity index (χ0v) is 9.73. The first kappa shape index (κ1) is 12.9. The molecule has 1 amide bonds. The molecule has 90 valence electrons. The van der Waals surface area contributed by atoms with Crippen molar-refractivity contribution in [1.82, 2.24) is 5.32 Å². The maximum atomic E-state index is 11.2. The van der Waals surface area contributed by atoms with Crippen LogP contribution >= 0.6 is 0 Å². The smallest absolute Gasteiger partial charge is 0.224 e. The zero-order chi connectivity index (χ0) is 12.5. The highest BCUT2D eigenvalue weighted by atomic mass is 16.5. The van der Waals surface area contributed by atoms with Crippen molar-refractivity contribution in [2.75, 3.05) is 20.3 Å². The first-order valence-corrected chi connectivity index (χ1v) is 5.24. The number of hydrogen-bond donors (Lipinski definition) is 1. The SMILES string of the molecule is C#CCNC(=O)CCOc1ccccc1OC. The standard InChI is InChI=1S/C13H15NO3/c1-3-9-14-13(15)8-10-17-12-7-5-4-6-11(12)16-2/h1,4-7H,8-10H2,2H3,(H,14,15). The normalized spacial score (nSPS) is 9.18. The van der Waals surface area contributed by atoms with Crippen molar-refractivity contribution in [1.29, 1.82) is 0 Å². The summed E-state index contributed by atoms with van der Waals surface area (Å²) >= 11 is 0. The molecule has 0 aliphatic rings. The van der Waals surface area contributed by atoms with Gasteiger partial charge in [-0.05, 0) is 12.1 Å². The molecule has 0 fully saturated rings. The summed E-state index contributed by atoms with van der Waals surface area (Å²) in [4.78, 5) is 11.2. The van der Waals surface area contributed by atoms with E-state index >= 15 is 0 Å². The summed E-state index contributed by atoms with van der Waals surface area (Å²) < 4.78 is 10.6. The maximum Gasteiger partial charge on any atom is 0.224 e. The summed E-state index contributed by atoms with van der Waals surface area (Å²) in [6.45, 7) is 0.532. The van der Waals surface area contributed by atoms with E-state index in [1.165, 1.54) is 0 Å². The highest BCUT2D eigenvalue weighted by Gasteiger charge is 2.04. The Labute approximate surface area is 101 Å². The highest BCUT2D eigenvalue weighted by molar-refractivity contribution is 5.76. The Balaban J connectivity index is 2.36. The number of ether oxygens (including phenoxy) is 2. The molecule has 0 aliphatic carbocycles. The van der Waals surface area contributed by atoms with Gasteiger partial charge in [0.2, 0.25) is 5.91 Å². The van der Waals surface area contributed by atoms with Crippen molar-refractivity contribution in [2.45, 2.75) is 6.42 Å². The third kappa shape index (κ3) is 4.47. The van der Waals surface area contributed by atoms with Gasteiger partial charge in [0, 0.05) is 0 Å². The second-order valence-corrected chi connectivity index (χ2v) is 3.23. The fourth-order valence-electron chi connectivity index (χ4n) is 1.23. The minimum atomic E-state index is -0.127. The second kappa shape index (κ2) is 7.18. The number of para-hydroxylation sites is 2. The summed E-state index contributed by atoms with van der Waals surface area (Å²) in [7, 11) is 1.57. The Morgan fingerprint density at radius 3 is 2.76 bits per heavy atom. The second-order valence-electron chi connectivity index (χ2n) is 3.23. The van der Waals surface area contributed by atoms with Gasteiger partial charge in [-0.1, -0.05) is 18.1 Å². The minimum absolute atomic E-state index is 0.127. The number of benzene rings is 1. The zero-order valence-electron chi connectivity index (χ0n) is 9.73. The number of amides is 1. The largest absolute Gasteiger partial charge is 0.493 e. The maximum absolute atomic E-state index is 11.2. The predicted octanol–water partition coefficient (Wildman–Crippen LogP) is 1.21. The molecule has 0 saturated carbocycles. The molecular formula is C13H15NO3. The lowest BCUT2D eigenvalue weighted by Gasteiger charge is -2.09. The molecule has 0 unspecified atom stereocenters. The van der Waals surface area contributed by atoms with Gasteiger partial charge in [-0.3, -0.25) is 4.79 Å². The molecule has 0 saturated heterocycles. The van der Waals surface area contributed by atoms with Crippen molar-refractivity contribution in [3.05, 3.63) is 24.3 Å². The van der Waals surface area contributed by atoms with Gasteiger partial charge in [0.15, 0.2) is 11.5 Å². The lowest BCUT2D eigenvalue weighted by atomic mass is 10.3. The van der Waals surface area contributed by atoms with E-state index in [-0.39, 0.29) is 25.5 Å². The predicted molar refractivity (Wildman–Crippen MR) is 64.9 cm³/mol. The van der Waals surface area contributed by atoms with E-state index in [4.69, 9.17) is 15.9 Å². The van der Waals surface area contributed by atoms with Crippen LogP contribution in [0.1, 0.15) is 6.42 Å². The molecule has 1 N–H and O–H groups in total. The van der Waals surface area contributed by atoms with Crippen molar-refractivity contribution in [2.24, 2.45) is 0 Å². The fourth-order valence-corrected chi connectivity index (χ4v) is 1.23. The molecule has 0 bridgehead atoms.